The molecular formula is C20H20FN3O5. The molecule has 8 nitrogen and oxygen atoms in total. The highest BCUT2D eigenvalue weighted by atomic mass is 19.1. The van der Waals surface area contributed by atoms with Crippen LogP contribution >= 0.6 is 0 Å². The van der Waals surface area contributed by atoms with E-state index in [0.29, 0.717) is 28.6 Å². The van der Waals surface area contributed by atoms with E-state index in [4.69, 9.17) is 18.7 Å². The monoisotopic (exact) mass is 401 g/mol. The van der Waals surface area contributed by atoms with Gasteiger partial charge >= 0.3 is 0 Å². The number of para-hydroxylation sites is 1. The van der Waals surface area contributed by atoms with E-state index in [1.807, 2.05) is 0 Å². The first-order chi connectivity index (χ1) is 14.0. The maximum Gasteiger partial charge on any atom is 0.227 e. The molecule has 0 fully saturated rings. The van der Waals surface area contributed by atoms with Gasteiger partial charge in [0.25, 0.3) is 0 Å². The Hall–Kier alpha value is -3.62. The van der Waals surface area contributed by atoms with E-state index >= 15 is 0 Å². The van der Waals surface area contributed by atoms with Gasteiger partial charge in [-0.3, -0.25) is 4.79 Å². The van der Waals surface area contributed by atoms with Crippen LogP contribution in [-0.4, -0.2) is 37.4 Å². The molecule has 1 heterocycles. The number of nitrogens with zero attached hydrogens (tertiary/aromatic N) is 2. The van der Waals surface area contributed by atoms with E-state index in [1.165, 1.54) is 33.5 Å². The Labute approximate surface area is 166 Å². The Balaban J connectivity index is 1.69. The number of hydrogen-bond acceptors (Lipinski definition) is 7. The maximum absolute atomic E-state index is 13.6. The van der Waals surface area contributed by atoms with Crippen molar-refractivity contribution >= 4 is 11.6 Å². The molecule has 3 aromatic rings. The van der Waals surface area contributed by atoms with Gasteiger partial charge in [0.05, 0.1) is 27.0 Å². The van der Waals surface area contributed by atoms with Gasteiger partial charge in [-0.25, -0.2) is 4.39 Å². The second-order valence-corrected chi connectivity index (χ2v) is 5.95. The van der Waals surface area contributed by atoms with Crippen LogP contribution in [0.3, 0.4) is 0 Å². The molecule has 1 N–H and O–H groups in total. The van der Waals surface area contributed by atoms with Crippen molar-refractivity contribution in [3.8, 4) is 28.6 Å². The lowest BCUT2D eigenvalue weighted by Gasteiger charge is -2.12. The van der Waals surface area contributed by atoms with Crippen molar-refractivity contribution < 1.29 is 27.9 Å². The van der Waals surface area contributed by atoms with E-state index in [0.717, 1.165) is 0 Å². The number of hydrogen-bond donors (Lipinski definition) is 1. The van der Waals surface area contributed by atoms with E-state index in [2.05, 4.69) is 15.5 Å². The van der Waals surface area contributed by atoms with Crippen LogP contribution in [-0.2, 0) is 11.2 Å². The average Bonchev–Trinajstić information content (AvgIpc) is 3.22. The highest BCUT2D eigenvalue weighted by Gasteiger charge is 2.18. The second-order valence-electron chi connectivity index (χ2n) is 5.95. The van der Waals surface area contributed by atoms with Gasteiger partial charge in [0.2, 0.25) is 23.4 Å². The van der Waals surface area contributed by atoms with Crippen molar-refractivity contribution in [2.45, 2.75) is 12.8 Å². The largest absolute Gasteiger partial charge is 0.493 e. The maximum atomic E-state index is 13.6. The lowest BCUT2D eigenvalue weighted by Crippen LogP contribution is -2.13. The summed E-state index contributed by atoms with van der Waals surface area (Å²) in [5.74, 6) is 1.10. The van der Waals surface area contributed by atoms with Crippen LogP contribution in [0.2, 0.25) is 0 Å². The molecule has 0 atom stereocenters. The minimum atomic E-state index is -0.497. The smallest absolute Gasteiger partial charge is 0.227 e. The van der Waals surface area contributed by atoms with Crippen LogP contribution in [0.25, 0.3) is 11.4 Å². The summed E-state index contributed by atoms with van der Waals surface area (Å²) < 4.78 is 34.7. The molecule has 2 aromatic carbocycles. The van der Waals surface area contributed by atoms with Gasteiger partial charge in [0, 0.05) is 18.4 Å². The minimum absolute atomic E-state index is 0.0607. The van der Waals surface area contributed by atoms with Crippen LogP contribution < -0.4 is 19.5 Å². The van der Waals surface area contributed by atoms with E-state index < -0.39 is 5.82 Å². The van der Waals surface area contributed by atoms with Crippen LogP contribution in [0.5, 0.6) is 17.2 Å². The molecular weight excluding hydrogens is 381 g/mol. The summed E-state index contributed by atoms with van der Waals surface area (Å²) in [6.45, 7) is 0. The summed E-state index contributed by atoms with van der Waals surface area (Å²) in [5.41, 5.74) is 0.728. The number of carbonyl (C=O) groups is 1. The number of ether oxygens (including phenoxy) is 3. The summed E-state index contributed by atoms with van der Waals surface area (Å²) in [5, 5.41) is 6.45. The number of carbonyl (C=O) groups excluding carboxylic acids is 1. The molecule has 9 heteroatoms. The minimum Gasteiger partial charge on any atom is -0.493 e. The summed E-state index contributed by atoms with van der Waals surface area (Å²) in [7, 11) is 4.53. The van der Waals surface area contributed by atoms with Crippen LogP contribution in [0, 0.1) is 5.82 Å². The van der Waals surface area contributed by atoms with Gasteiger partial charge in [-0.15, -0.1) is 0 Å². The first-order valence-corrected chi connectivity index (χ1v) is 8.73. The standard InChI is InChI=1S/C20H20FN3O5/c1-26-15-10-12(11-16(27-2)19(15)28-3)20-23-18(29-24-20)9-8-17(25)22-14-7-5-4-6-13(14)21/h4-7,10-11H,8-9H2,1-3H3,(H,22,25). The van der Waals surface area contributed by atoms with Crippen LogP contribution in [0.1, 0.15) is 12.3 Å². The fourth-order valence-corrected chi connectivity index (χ4v) is 2.68. The predicted octanol–water partition coefficient (Wildman–Crippen LogP) is 3.47. The van der Waals surface area contributed by atoms with E-state index in [9.17, 15) is 9.18 Å². The van der Waals surface area contributed by atoms with Crippen molar-refractivity contribution in [2.24, 2.45) is 0 Å². The summed E-state index contributed by atoms with van der Waals surface area (Å²) in [4.78, 5) is 16.3. The fourth-order valence-electron chi connectivity index (χ4n) is 2.68. The van der Waals surface area contributed by atoms with Gasteiger partial charge in [-0.05, 0) is 24.3 Å². The van der Waals surface area contributed by atoms with Gasteiger partial charge in [-0.2, -0.15) is 4.98 Å². The number of aromatic nitrogens is 2. The molecule has 0 radical (unpaired) electrons. The second kappa shape index (κ2) is 9.05. The predicted molar refractivity (Wildman–Crippen MR) is 103 cm³/mol. The number of halogens is 1. The zero-order chi connectivity index (χ0) is 20.8. The molecule has 3 rings (SSSR count). The fraction of sp³-hybridized carbons (Fsp3) is 0.250. The van der Waals surface area contributed by atoms with Crippen LogP contribution in [0.4, 0.5) is 10.1 Å². The molecule has 1 amide bonds. The highest BCUT2D eigenvalue weighted by molar-refractivity contribution is 5.90. The van der Waals surface area contributed by atoms with Crippen molar-refractivity contribution in [2.75, 3.05) is 26.6 Å². The third-order valence-corrected chi connectivity index (χ3v) is 4.10. The average molecular weight is 401 g/mol. The van der Waals surface area contributed by atoms with Gasteiger partial charge in [0.15, 0.2) is 11.5 Å². The molecule has 0 bridgehead atoms. The van der Waals surface area contributed by atoms with Crippen molar-refractivity contribution in [3.63, 3.8) is 0 Å². The molecule has 0 spiro atoms. The number of amides is 1. The molecule has 0 aliphatic carbocycles. The molecule has 0 unspecified atom stereocenters. The van der Waals surface area contributed by atoms with Gasteiger partial charge in [0.1, 0.15) is 5.82 Å². The molecule has 1 aromatic heterocycles. The molecule has 29 heavy (non-hydrogen) atoms. The normalized spacial score (nSPS) is 10.5. The molecule has 0 aliphatic rings. The number of aryl methyl sites for hydroxylation is 1. The summed E-state index contributed by atoms with van der Waals surface area (Å²) in [6, 6.07) is 9.34. The third kappa shape index (κ3) is 4.63. The Kier molecular flexibility index (Phi) is 6.28. The molecule has 0 saturated carbocycles. The number of anilines is 1. The Morgan fingerprint density at radius 1 is 1.10 bits per heavy atom. The zero-order valence-corrected chi connectivity index (χ0v) is 16.2. The Morgan fingerprint density at radius 2 is 1.79 bits per heavy atom. The number of benzene rings is 2. The SMILES string of the molecule is COc1cc(-c2noc(CCC(=O)Nc3ccccc3F)n2)cc(OC)c1OC. The quantitative estimate of drug-likeness (QED) is 0.617. The Bertz CT molecular complexity index is 980. The van der Waals surface area contributed by atoms with E-state index in [-0.39, 0.29) is 30.3 Å². The molecule has 0 saturated heterocycles. The number of nitrogens with one attached hydrogen (secondary N) is 1. The molecule has 152 valence electrons. The first kappa shape index (κ1) is 20.1. The van der Waals surface area contributed by atoms with Crippen molar-refractivity contribution in [3.05, 3.63) is 48.1 Å². The lowest BCUT2D eigenvalue weighted by atomic mass is 10.1. The van der Waals surface area contributed by atoms with Crippen molar-refractivity contribution in [1.82, 2.24) is 10.1 Å². The Morgan fingerprint density at radius 3 is 2.41 bits per heavy atom. The first-order valence-electron chi connectivity index (χ1n) is 8.73. The van der Waals surface area contributed by atoms with E-state index in [1.54, 1.807) is 24.3 Å². The zero-order valence-electron chi connectivity index (χ0n) is 16.2. The number of methoxy groups -OCH3 is 3. The van der Waals surface area contributed by atoms with Gasteiger partial charge < -0.3 is 24.1 Å². The molecule has 0 aliphatic heterocycles. The third-order valence-electron chi connectivity index (χ3n) is 4.10. The van der Waals surface area contributed by atoms with Crippen LogP contribution in [0.15, 0.2) is 40.9 Å². The topological polar surface area (TPSA) is 95.7 Å². The summed E-state index contributed by atoms with van der Waals surface area (Å²) in [6.07, 6.45) is 0.267. The lowest BCUT2D eigenvalue weighted by molar-refractivity contribution is -0.116. The summed E-state index contributed by atoms with van der Waals surface area (Å²) >= 11 is 0. The number of rotatable bonds is 8. The van der Waals surface area contributed by atoms with Crippen molar-refractivity contribution in [1.29, 1.82) is 0 Å². The van der Waals surface area contributed by atoms with Gasteiger partial charge in [-0.1, -0.05) is 17.3 Å². The highest BCUT2D eigenvalue weighted by Crippen LogP contribution is 2.40.